The predicted octanol–water partition coefficient (Wildman–Crippen LogP) is 2.32. The van der Waals surface area contributed by atoms with E-state index >= 15 is 0 Å². The van der Waals surface area contributed by atoms with Crippen LogP contribution < -0.4 is 5.73 Å². The van der Waals surface area contributed by atoms with Crippen LogP contribution in [0.25, 0.3) is 0 Å². The summed E-state index contributed by atoms with van der Waals surface area (Å²) in [7, 11) is 1.88. The van der Waals surface area contributed by atoms with Crippen LogP contribution >= 0.6 is 11.8 Å². The molecule has 0 spiro atoms. The first-order chi connectivity index (χ1) is 8.02. The average molecular weight is 252 g/mol. The monoisotopic (exact) mass is 252 g/mol. The van der Waals surface area contributed by atoms with E-state index in [9.17, 15) is 0 Å². The zero-order chi connectivity index (χ0) is 12.6. The molecule has 17 heavy (non-hydrogen) atoms. The lowest BCUT2D eigenvalue weighted by atomic mass is 10.3. The van der Waals surface area contributed by atoms with Gasteiger partial charge in [-0.2, -0.15) is 5.10 Å². The molecule has 0 unspecified atom stereocenters. The minimum absolute atomic E-state index is 0.609. The topological polar surface area (TPSA) is 69.9 Å². The first kappa shape index (κ1) is 12.0. The molecule has 0 saturated heterocycles. The standard InChI is InChI=1S/C11H16N4OS/c1-5-8-9(12)10(15(4)14-8)17-11-13-6(2)7(3)16-11/h5,12H2,1-4H3. The molecule has 0 aromatic carbocycles. The van der Waals surface area contributed by atoms with Gasteiger partial charge >= 0.3 is 0 Å². The first-order valence-corrected chi connectivity index (χ1v) is 6.27. The number of aryl methyl sites for hydroxylation is 4. The van der Waals surface area contributed by atoms with Crippen molar-refractivity contribution < 1.29 is 4.42 Å². The maximum atomic E-state index is 6.03. The van der Waals surface area contributed by atoms with Gasteiger partial charge in [0.1, 0.15) is 10.8 Å². The molecule has 0 aliphatic carbocycles. The molecule has 0 aliphatic heterocycles. The fourth-order valence-electron chi connectivity index (χ4n) is 1.53. The second kappa shape index (κ2) is 4.44. The first-order valence-electron chi connectivity index (χ1n) is 5.46. The second-order valence-electron chi connectivity index (χ2n) is 3.87. The van der Waals surface area contributed by atoms with Crippen LogP contribution in [0.5, 0.6) is 0 Å². The minimum atomic E-state index is 0.609. The summed E-state index contributed by atoms with van der Waals surface area (Å²) >= 11 is 1.41. The van der Waals surface area contributed by atoms with Gasteiger partial charge in [-0.05, 0) is 32.0 Å². The molecule has 5 nitrogen and oxygen atoms in total. The predicted molar refractivity (Wildman–Crippen MR) is 67.1 cm³/mol. The molecule has 2 heterocycles. The van der Waals surface area contributed by atoms with Crippen molar-refractivity contribution in [3.8, 4) is 0 Å². The molecule has 6 heteroatoms. The van der Waals surface area contributed by atoms with Gasteiger partial charge < -0.3 is 10.2 Å². The van der Waals surface area contributed by atoms with E-state index in [2.05, 4.69) is 10.1 Å². The Balaban J connectivity index is 2.32. The normalized spacial score (nSPS) is 11.1. The molecule has 0 aliphatic rings. The largest absolute Gasteiger partial charge is 0.436 e. The Bertz CT molecular complexity index is 524. The molecule has 0 fully saturated rings. The van der Waals surface area contributed by atoms with Crippen molar-refractivity contribution in [2.45, 2.75) is 37.4 Å². The third kappa shape index (κ3) is 2.17. The van der Waals surface area contributed by atoms with Crippen LogP contribution in [0, 0.1) is 13.8 Å². The summed E-state index contributed by atoms with van der Waals surface area (Å²) < 4.78 is 7.30. The molecular weight excluding hydrogens is 236 g/mol. The highest BCUT2D eigenvalue weighted by Crippen LogP contribution is 2.33. The summed E-state index contributed by atoms with van der Waals surface area (Å²) in [6, 6.07) is 0. The van der Waals surface area contributed by atoms with Gasteiger partial charge in [-0.15, -0.1) is 0 Å². The van der Waals surface area contributed by atoms with Crippen molar-refractivity contribution in [2.75, 3.05) is 5.73 Å². The van der Waals surface area contributed by atoms with Crippen molar-refractivity contribution in [3.05, 3.63) is 17.1 Å². The average Bonchev–Trinajstić information content (AvgIpc) is 2.73. The number of nitrogens with two attached hydrogens (primary N) is 1. The third-order valence-corrected chi connectivity index (χ3v) is 3.66. The van der Waals surface area contributed by atoms with Gasteiger partial charge in [-0.1, -0.05) is 6.92 Å². The van der Waals surface area contributed by atoms with Crippen molar-refractivity contribution in [3.63, 3.8) is 0 Å². The molecule has 2 aromatic rings. The number of hydrogen-bond donors (Lipinski definition) is 1. The van der Waals surface area contributed by atoms with E-state index in [4.69, 9.17) is 10.2 Å². The van der Waals surface area contributed by atoms with E-state index in [-0.39, 0.29) is 0 Å². The maximum Gasteiger partial charge on any atom is 0.262 e. The van der Waals surface area contributed by atoms with Gasteiger partial charge in [0.25, 0.3) is 5.22 Å². The lowest BCUT2D eigenvalue weighted by Gasteiger charge is -1.98. The van der Waals surface area contributed by atoms with E-state index in [1.54, 1.807) is 4.68 Å². The molecule has 0 radical (unpaired) electrons. The van der Waals surface area contributed by atoms with E-state index in [0.29, 0.717) is 10.9 Å². The molecular formula is C11H16N4OS. The van der Waals surface area contributed by atoms with Gasteiger partial charge in [0.05, 0.1) is 17.1 Å². The lowest BCUT2D eigenvalue weighted by molar-refractivity contribution is 0.430. The molecule has 0 atom stereocenters. The van der Waals surface area contributed by atoms with Gasteiger partial charge in [0.15, 0.2) is 0 Å². The van der Waals surface area contributed by atoms with E-state index in [1.165, 1.54) is 11.8 Å². The van der Waals surface area contributed by atoms with Crippen LogP contribution in [0.2, 0.25) is 0 Å². The van der Waals surface area contributed by atoms with Crippen LogP contribution in [0.4, 0.5) is 5.69 Å². The summed E-state index contributed by atoms with van der Waals surface area (Å²) in [6.07, 6.45) is 0.823. The highest BCUT2D eigenvalue weighted by atomic mass is 32.2. The number of oxazole rings is 1. The zero-order valence-electron chi connectivity index (χ0n) is 10.4. The molecule has 0 bridgehead atoms. The SMILES string of the molecule is CCc1nn(C)c(Sc2nc(C)c(C)o2)c1N. The van der Waals surface area contributed by atoms with Crippen LogP contribution in [0.1, 0.15) is 24.1 Å². The number of anilines is 1. The molecule has 0 saturated carbocycles. The van der Waals surface area contributed by atoms with Crippen molar-refractivity contribution >= 4 is 17.4 Å². The van der Waals surface area contributed by atoms with Gasteiger partial charge in [-0.25, -0.2) is 4.98 Å². The number of nitrogen functional groups attached to an aromatic ring is 1. The third-order valence-electron chi connectivity index (χ3n) is 2.63. The van der Waals surface area contributed by atoms with Crippen molar-refractivity contribution in [1.82, 2.24) is 14.8 Å². The van der Waals surface area contributed by atoms with Gasteiger partial charge in [0, 0.05) is 7.05 Å². The number of hydrogen-bond acceptors (Lipinski definition) is 5. The summed E-state index contributed by atoms with van der Waals surface area (Å²) in [5.41, 5.74) is 8.57. The number of rotatable bonds is 3. The Hall–Kier alpha value is -1.43. The fraction of sp³-hybridized carbons (Fsp3) is 0.455. The van der Waals surface area contributed by atoms with Crippen LogP contribution in [0.3, 0.4) is 0 Å². The van der Waals surface area contributed by atoms with Crippen molar-refractivity contribution in [1.29, 1.82) is 0 Å². The molecule has 92 valence electrons. The highest BCUT2D eigenvalue weighted by molar-refractivity contribution is 7.99. The van der Waals surface area contributed by atoms with E-state index in [0.717, 1.165) is 28.6 Å². The highest BCUT2D eigenvalue weighted by Gasteiger charge is 2.16. The van der Waals surface area contributed by atoms with Crippen molar-refractivity contribution in [2.24, 2.45) is 7.05 Å². The summed E-state index contributed by atoms with van der Waals surface area (Å²) in [5, 5.41) is 5.84. The van der Waals surface area contributed by atoms with Crippen LogP contribution in [-0.2, 0) is 13.5 Å². The summed E-state index contributed by atoms with van der Waals surface area (Å²) in [6.45, 7) is 5.86. The van der Waals surface area contributed by atoms with Crippen LogP contribution in [0.15, 0.2) is 14.7 Å². The molecule has 2 N–H and O–H groups in total. The lowest BCUT2D eigenvalue weighted by Crippen LogP contribution is -1.93. The Morgan fingerprint density at radius 1 is 1.41 bits per heavy atom. The molecule has 2 rings (SSSR count). The number of aromatic nitrogens is 3. The van der Waals surface area contributed by atoms with E-state index in [1.807, 2.05) is 27.8 Å². The van der Waals surface area contributed by atoms with Gasteiger partial charge in [0.2, 0.25) is 0 Å². The Kier molecular flexibility index (Phi) is 3.15. The Labute approximate surface area is 104 Å². The second-order valence-corrected chi connectivity index (χ2v) is 4.81. The fourth-order valence-corrected chi connectivity index (χ4v) is 2.45. The quantitative estimate of drug-likeness (QED) is 0.907. The van der Waals surface area contributed by atoms with E-state index < -0.39 is 0 Å². The van der Waals surface area contributed by atoms with Crippen LogP contribution in [-0.4, -0.2) is 14.8 Å². The smallest absolute Gasteiger partial charge is 0.262 e. The number of nitrogens with zero attached hydrogens (tertiary/aromatic N) is 3. The Morgan fingerprint density at radius 3 is 2.59 bits per heavy atom. The minimum Gasteiger partial charge on any atom is -0.436 e. The Morgan fingerprint density at radius 2 is 2.12 bits per heavy atom. The summed E-state index contributed by atoms with van der Waals surface area (Å²) in [5.74, 6) is 0.837. The van der Waals surface area contributed by atoms with Gasteiger partial charge in [-0.3, -0.25) is 4.68 Å². The molecule has 0 amide bonds. The maximum absolute atomic E-state index is 6.03. The zero-order valence-corrected chi connectivity index (χ0v) is 11.3. The molecule has 2 aromatic heterocycles. The summed E-state index contributed by atoms with van der Waals surface area (Å²) in [4.78, 5) is 4.32.